The Morgan fingerprint density at radius 1 is 0.786 bits per heavy atom. The van der Waals surface area contributed by atoms with E-state index < -0.39 is 0 Å². The second-order valence-electron chi connectivity index (χ2n) is 3.17. The van der Waals surface area contributed by atoms with Crippen LogP contribution in [0.4, 0.5) is 0 Å². The van der Waals surface area contributed by atoms with Gasteiger partial charge in [-0.2, -0.15) is 0 Å². The molecule has 0 bridgehead atoms. The molecule has 0 saturated carbocycles. The Labute approximate surface area is 111 Å². The number of hydrogen-bond acceptors (Lipinski definition) is 0. The summed E-state index contributed by atoms with van der Waals surface area (Å²) in [5.74, 6) is 0. The molecule has 1 aliphatic rings. The minimum absolute atomic E-state index is 0.0498. The number of hydrogen-bond donors (Lipinski definition) is 0. The maximum absolute atomic E-state index is 2.65. The summed E-state index contributed by atoms with van der Waals surface area (Å²) in [4.78, 5) is 0. The second-order valence-corrected chi connectivity index (χ2v) is 17.9. The van der Waals surface area contributed by atoms with Crippen molar-refractivity contribution in [2.75, 3.05) is 0 Å². The Hall–Kier alpha value is 1.02. The van der Waals surface area contributed by atoms with Gasteiger partial charge in [0.2, 0.25) is 0 Å². The summed E-state index contributed by atoms with van der Waals surface area (Å²) < 4.78 is 0. The zero-order valence-corrected chi connectivity index (χ0v) is 13.2. The average Bonchev–Trinajstić information content (AvgIpc) is 2.47. The fraction of sp³-hybridized carbons (Fsp3) is 0. The van der Waals surface area contributed by atoms with Crippen molar-refractivity contribution in [2.45, 2.75) is 0 Å². The van der Waals surface area contributed by atoms with Crippen molar-refractivity contribution < 1.29 is 0 Å². The lowest BCUT2D eigenvalue weighted by atomic mass is 10.1. The van der Waals surface area contributed by atoms with E-state index in [4.69, 9.17) is 0 Å². The van der Waals surface area contributed by atoms with Crippen LogP contribution in [0.1, 0.15) is 0 Å². The molecule has 3 rings (SSSR count). The molecular formula is C10H6I2P2. The van der Waals surface area contributed by atoms with Gasteiger partial charge < -0.3 is 0 Å². The highest BCUT2D eigenvalue weighted by Crippen LogP contribution is 2.80. The summed E-state index contributed by atoms with van der Waals surface area (Å²) in [6, 6.07) is 13.5. The Morgan fingerprint density at radius 3 is 1.79 bits per heavy atom. The molecule has 0 aliphatic carbocycles. The summed E-state index contributed by atoms with van der Waals surface area (Å²) in [6.07, 6.45) is 0. The normalized spacial score (nSPS) is 24.4. The molecule has 2 aromatic rings. The van der Waals surface area contributed by atoms with Gasteiger partial charge in [0.15, 0.2) is 0 Å². The lowest BCUT2D eigenvalue weighted by Crippen LogP contribution is -1.99. The zero-order valence-electron chi connectivity index (χ0n) is 7.11. The van der Waals surface area contributed by atoms with Crippen molar-refractivity contribution in [3.05, 3.63) is 36.4 Å². The van der Waals surface area contributed by atoms with Crippen LogP contribution in [0.15, 0.2) is 36.4 Å². The summed E-state index contributed by atoms with van der Waals surface area (Å²) >= 11 is 5.30. The molecule has 2 aromatic carbocycles. The molecule has 14 heavy (non-hydrogen) atoms. The van der Waals surface area contributed by atoms with E-state index in [2.05, 4.69) is 80.5 Å². The van der Waals surface area contributed by atoms with Gasteiger partial charge in [0.25, 0.3) is 0 Å². The molecule has 0 N–H and O–H groups in total. The van der Waals surface area contributed by atoms with E-state index in [0.717, 1.165) is 0 Å². The van der Waals surface area contributed by atoms with E-state index >= 15 is 0 Å². The molecule has 2 unspecified atom stereocenters. The van der Waals surface area contributed by atoms with Gasteiger partial charge in [-0.15, -0.1) is 0 Å². The van der Waals surface area contributed by atoms with Crippen molar-refractivity contribution in [2.24, 2.45) is 0 Å². The molecule has 0 radical (unpaired) electrons. The highest BCUT2D eigenvalue weighted by molar-refractivity contribution is 14.2. The molecule has 2 atom stereocenters. The van der Waals surface area contributed by atoms with Crippen LogP contribution in [-0.4, -0.2) is 0 Å². The number of halogens is 2. The lowest BCUT2D eigenvalue weighted by Gasteiger charge is -2.07. The molecule has 4 heteroatoms. The molecule has 0 spiro atoms. The second kappa shape index (κ2) is 3.80. The summed E-state index contributed by atoms with van der Waals surface area (Å²) in [6.45, 7) is 0. The van der Waals surface area contributed by atoms with Crippen LogP contribution >= 0.6 is 54.6 Å². The van der Waals surface area contributed by atoms with Gasteiger partial charge in [-0.25, -0.2) is 0 Å². The molecule has 0 nitrogen and oxygen atoms in total. The summed E-state index contributed by atoms with van der Waals surface area (Å²) in [7, 11) is 0. The Bertz CT molecular complexity index is 470. The van der Waals surface area contributed by atoms with Gasteiger partial charge in [0, 0.05) is 10.5 Å². The van der Waals surface area contributed by atoms with Crippen LogP contribution in [-0.2, 0) is 0 Å². The molecule has 1 aliphatic heterocycles. The van der Waals surface area contributed by atoms with Gasteiger partial charge >= 0.3 is 0 Å². The molecule has 0 aromatic heterocycles. The molecular weight excluding hydrogens is 436 g/mol. The van der Waals surface area contributed by atoms with Crippen molar-refractivity contribution in [1.82, 2.24) is 0 Å². The van der Waals surface area contributed by atoms with E-state index in [9.17, 15) is 0 Å². The number of benzene rings is 2. The first-order chi connectivity index (χ1) is 6.79. The van der Waals surface area contributed by atoms with Crippen molar-refractivity contribution in [3.8, 4) is 0 Å². The van der Waals surface area contributed by atoms with Gasteiger partial charge in [0.05, 0.1) is 0 Å². The van der Waals surface area contributed by atoms with E-state index in [-0.39, 0.29) is 10.5 Å². The van der Waals surface area contributed by atoms with Gasteiger partial charge in [0.1, 0.15) is 0 Å². The summed E-state index contributed by atoms with van der Waals surface area (Å²) in [5.41, 5.74) is 0. The first-order valence-corrected chi connectivity index (χ1v) is 13.2. The maximum Gasteiger partial charge on any atom is 0.0309 e. The van der Waals surface area contributed by atoms with Gasteiger partial charge in [-0.1, -0.05) is 36.4 Å². The molecule has 0 amide bonds. The van der Waals surface area contributed by atoms with Gasteiger partial charge in [-0.3, -0.25) is 0 Å². The quantitative estimate of drug-likeness (QED) is 0.411. The Balaban J connectivity index is 2.49. The number of rotatable bonds is 0. The first kappa shape index (κ1) is 10.2. The minimum atomic E-state index is 0.0498. The smallest absolute Gasteiger partial charge is 0.0309 e. The third-order valence-corrected chi connectivity index (χ3v) is 24.8. The first-order valence-electron chi connectivity index (χ1n) is 4.22. The highest BCUT2D eigenvalue weighted by Gasteiger charge is 2.30. The molecule has 70 valence electrons. The largest absolute Gasteiger partial charge is 0.0610 e. The molecule has 1 heterocycles. The third-order valence-electron chi connectivity index (χ3n) is 2.41. The van der Waals surface area contributed by atoms with Crippen LogP contribution < -0.4 is 10.6 Å². The zero-order chi connectivity index (χ0) is 9.71. The fourth-order valence-corrected chi connectivity index (χ4v) is 12.3. The third kappa shape index (κ3) is 1.37. The fourth-order valence-electron chi connectivity index (χ4n) is 1.80. The molecule has 0 saturated heterocycles. The minimum Gasteiger partial charge on any atom is -0.0610 e. The standard InChI is InChI=1S/C10H6I2P2/c11-13-8-5-1-3-7-4-2-6-9(10(7)8)14(13)12/h1-6H. The van der Waals surface area contributed by atoms with Crippen LogP contribution in [0.5, 0.6) is 0 Å². The van der Waals surface area contributed by atoms with E-state index in [1.807, 2.05) is 0 Å². The highest BCUT2D eigenvalue weighted by atomic mass is 127. The van der Waals surface area contributed by atoms with Crippen LogP contribution in [0.3, 0.4) is 0 Å². The van der Waals surface area contributed by atoms with Crippen LogP contribution in [0.2, 0.25) is 0 Å². The Kier molecular flexibility index (Phi) is 2.76. The van der Waals surface area contributed by atoms with Crippen molar-refractivity contribution in [1.29, 1.82) is 0 Å². The topological polar surface area (TPSA) is 0 Å². The lowest BCUT2D eigenvalue weighted by molar-refractivity contribution is 1.83. The monoisotopic (exact) mass is 442 g/mol. The predicted molar refractivity (Wildman–Crippen MR) is 85.1 cm³/mol. The predicted octanol–water partition coefficient (Wildman–Crippen LogP) is 4.68. The van der Waals surface area contributed by atoms with E-state index in [1.54, 1.807) is 16.0 Å². The van der Waals surface area contributed by atoms with Crippen LogP contribution in [0, 0.1) is 0 Å². The van der Waals surface area contributed by atoms with E-state index in [1.165, 1.54) is 5.39 Å². The van der Waals surface area contributed by atoms with Gasteiger partial charge in [-0.05, 0) is 65.5 Å². The van der Waals surface area contributed by atoms with Crippen molar-refractivity contribution in [3.63, 3.8) is 0 Å². The van der Waals surface area contributed by atoms with Crippen molar-refractivity contribution >= 4 is 76.0 Å². The maximum atomic E-state index is 2.65. The van der Waals surface area contributed by atoms with Crippen LogP contribution in [0.25, 0.3) is 10.8 Å². The average molecular weight is 442 g/mol. The summed E-state index contributed by atoms with van der Waals surface area (Å²) in [5, 5.41) is 6.28. The van der Waals surface area contributed by atoms with E-state index in [0.29, 0.717) is 0 Å². The Morgan fingerprint density at radius 2 is 1.29 bits per heavy atom. The SMILES string of the molecule is IP1c2cccc3cccc(c23)P1I. The molecule has 0 fully saturated rings.